The minimum absolute atomic E-state index is 0.0545. The van der Waals surface area contributed by atoms with Crippen LogP contribution in [0.5, 0.6) is 0 Å². The van der Waals surface area contributed by atoms with Gasteiger partial charge in [-0.3, -0.25) is 4.90 Å². The molecule has 1 aromatic carbocycles. The smallest absolute Gasteiger partial charge is 0.411 e. The largest absolute Gasteiger partial charge is 0.467 e. The summed E-state index contributed by atoms with van der Waals surface area (Å²) in [7, 11) is 1.24. The third-order valence-electron chi connectivity index (χ3n) is 3.96. The molecule has 9 heteroatoms. The topological polar surface area (TPSA) is 94.2 Å². The lowest BCUT2D eigenvalue weighted by atomic mass is 10.2. The van der Waals surface area contributed by atoms with Gasteiger partial charge in [-0.05, 0) is 38.5 Å². The molecule has 0 spiro atoms. The Hall–Kier alpha value is -2.29. The molecule has 0 radical (unpaired) electrons. The van der Waals surface area contributed by atoms with Gasteiger partial charge < -0.3 is 19.5 Å². The molecule has 1 saturated heterocycles. The van der Waals surface area contributed by atoms with Crippen molar-refractivity contribution in [2.45, 2.75) is 51.5 Å². The van der Waals surface area contributed by atoms with Crippen LogP contribution in [-0.4, -0.2) is 54.5 Å². The van der Waals surface area contributed by atoms with Crippen molar-refractivity contribution < 1.29 is 28.6 Å². The number of rotatable bonds is 4. The van der Waals surface area contributed by atoms with Crippen LogP contribution in [0.2, 0.25) is 0 Å². The molecule has 0 saturated carbocycles. The lowest BCUT2D eigenvalue weighted by molar-refractivity contribution is -0.145. The van der Waals surface area contributed by atoms with Gasteiger partial charge in [0.1, 0.15) is 17.7 Å². The van der Waals surface area contributed by atoms with E-state index in [4.69, 9.17) is 14.2 Å². The van der Waals surface area contributed by atoms with E-state index in [1.54, 1.807) is 20.8 Å². The number of nitrogens with one attached hydrogen (secondary N) is 1. The molecule has 2 rings (SSSR count). The van der Waals surface area contributed by atoms with Crippen LogP contribution in [0, 0.1) is 0 Å². The van der Waals surface area contributed by atoms with E-state index in [9.17, 15) is 14.4 Å². The number of carbonyl (C=O) groups is 3. The minimum atomic E-state index is -0.859. The van der Waals surface area contributed by atoms with Gasteiger partial charge in [0.05, 0.1) is 13.7 Å². The highest BCUT2D eigenvalue weighted by Crippen LogP contribution is 2.24. The number of benzene rings is 1. The summed E-state index contributed by atoms with van der Waals surface area (Å²) in [5.41, 5.74) is 0.193. The average molecular weight is 457 g/mol. The van der Waals surface area contributed by atoms with E-state index in [0.29, 0.717) is 6.54 Å². The number of carbonyl (C=O) groups excluding carboxylic acids is 3. The van der Waals surface area contributed by atoms with E-state index in [1.807, 2.05) is 24.3 Å². The Bertz CT molecular complexity index is 733. The van der Waals surface area contributed by atoms with Crippen molar-refractivity contribution in [2.75, 3.05) is 13.7 Å². The van der Waals surface area contributed by atoms with Crippen LogP contribution in [0.3, 0.4) is 0 Å². The minimum Gasteiger partial charge on any atom is -0.467 e. The predicted octanol–water partition coefficient (Wildman–Crippen LogP) is 3.23. The number of ether oxygens (including phenoxy) is 3. The molecule has 1 fully saturated rings. The van der Waals surface area contributed by atoms with Gasteiger partial charge in [0.2, 0.25) is 0 Å². The summed E-state index contributed by atoms with van der Waals surface area (Å²) in [5, 5.41) is 2.66. The van der Waals surface area contributed by atoms with Crippen molar-refractivity contribution in [1.29, 1.82) is 0 Å². The van der Waals surface area contributed by atoms with Gasteiger partial charge in [0.15, 0.2) is 0 Å². The first-order chi connectivity index (χ1) is 13.1. The Labute approximate surface area is 172 Å². The Morgan fingerprint density at radius 1 is 1.29 bits per heavy atom. The summed E-state index contributed by atoms with van der Waals surface area (Å²) in [6.45, 7) is 5.55. The third kappa shape index (κ3) is 6.40. The van der Waals surface area contributed by atoms with Crippen molar-refractivity contribution in [3.63, 3.8) is 0 Å². The van der Waals surface area contributed by atoms with Gasteiger partial charge in [-0.15, -0.1) is 0 Å². The predicted molar refractivity (Wildman–Crippen MR) is 105 cm³/mol. The maximum atomic E-state index is 12.4. The van der Waals surface area contributed by atoms with Crippen molar-refractivity contribution in [2.24, 2.45) is 0 Å². The maximum Gasteiger partial charge on any atom is 0.411 e. The summed E-state index contributed by atoms with van der Waals surface area (Å²) >= 11 is 3.37. The SMILES string of the molecule is COC(=O)[C@@H]1C[C@@H](OC(=O)NCc2cccc(Br)c2)CN1C(=O)OC(C)(C)C. The number of amides is 2. The van der Waals surface area contributed by atoms with Crippen molar-refractivity contribution in [3.8, 4) is 0 Å². The fourth-order valence-corrected chi connectivity index (χ4v) is 3.23. The lowest BCUT2D eigenvalue weighted by Gasteiger charge is -2.27. The molecule has 2 amide bonds. The maximum absolute atomic E-state index is 12.4. The molecule has 0 aromatic heterocycles. The number of nitrogens with zero attached hydrogens (tertiary/aromatic N) is 1. The second-order valence-electron chi connectivity index (χ2n) is 7.42. The van der Waals surface area contributed by atoms with Crippen molar-refractivity contribution >= 4 is 34.1 Å². The molecule has 0 aliphatic carbocycles. The zero-order valence-corrected chi connectivity index (χ0v) is 17.9. The first-order valence-electron chi connectivity index (χ1n) is 8.85. The molecular weight excluding hydrogens is 432 g/mol. The molecule has 0 unspecified atom stereocenters. The van der Waals surface area contributed by atoms with Gasteiger partial charge in [0, 0.05) is 17.4 Å². The Morgan fingerprint density at radius 3 is 2.61 bits per heavy atom. The van der Waals surface area contributed by atoms with Crippen LogP contribution in [0.4, 0.5) is 9.59 Å². The second kappa shape index (κ2) is 9.27. The molecule has 1 aliphatic rings. The molecule has 154 valence electrons. The molecule has 28 heavy (non-hydrogen) atoms. The van der Waals surface area contributed by atoms with Crippen LogP contribution < -0.4 is 5.32 Å². The highest BCUT2D eigenvalue weighted by atomic mass is 79.9. The number of hydrogen-bond acceptors (Lipinski definition) is 6. The number of hydrogen-bond donors (Lipinski definition) is 1. The summed E-state index contributed by atoms with van der Waals surface area (Å²) in [6, 6.07) is 6.65. The zero-order chi connectivity index (χ0) is 20.9. The van der Waals surface area contributed by atoms with E-state index in [2.05, 4.69) is 21.2 Å². The third-order valence-corrected chi connectivity index (χ3v) is 4.46. The quantitative estimate of drug-likeness (QED) is 0.551. The summed E-state index contributed by atoms with van der Waals surface area (Å²) < 4.78 is 16.4. The summed E-state index contributed by atoms with van der Waals surface area (Å²) in [5.74, 6) is -0.577. The van der Waals surface area contributed by atoms with Crippen LogP contribution in [-0.2, 0) is 25.5 Å². The van der Waals surface area contributed by atoms with E-state index in [-0.39, 0.29) is 13.0 Å². The first kappa shape index (κ1) is 22.0. The number of esters is 1. The number of likely N-dealkylation sites (tertiary alicyclic amines) is 1. The molecule has 2 atom stereocenters. The number of alkyl carbamates (subject to hydrolysis) is 1. The van der Waals surface area contributed by atoms with Gasteiger partial charge >= 0.3 is 18.2 Å². The van der Waals surface area contributed by atoms with E-state index < -0.39 is 35.9 Å². The van der Waals surface area contributed by atoms with Crippen molar-refractivity contribution in [3.05, 3.63) is 34.3 Å². The van der Waals surface area contributed by atoms with Crippen LogP contribution in [0.1, 0.15) is 32.8 Å². The van der Waals surface area contributed by atoms with Crippen molar-refractivity contribution in [1.82, 2.24) is 10.2 Å². The highest BCUT2D eigenvalue weighted by molar-refractivity contribution is 9.10. The molecule has 8 nitrogen and oxygen atoms in total. The highest BCUT2D eigenvalue weighted by Gasteiger charge is 2.43. The molecule has 1 aliphatic heterocycles. The van der Waals surface area contributed by atoms with E-state index in [0.717, 1.165) is 10.0 Å². The summed E-state index contributed by atoms with van der Waals surface area (Å²) in [6.07, 6.45) is -1.77. The Balaban J connectivity index is 1.95. The number of methoxy groups -OCH3 is 1. The number of halogens is 1. The standard InChI is InChI=1S/C19H25BrN2O6/c1-19(2,3)28-18(25)22-11-14(9-15(22)16(23)26-4)27-17(24)21-10-12-6-5-7-13(20)8-12/h5-8,14-15H,9-11H2,1-4H3,(H,21,24)/t14-,15+/m1/s1. The lowest BCUT2D eigenvalue weighted by Crippen LogP contribution is -2.44. The monoisotopic (exact) mass is 456 g/mol. The Kier molecular flexibility index (Phi) is 7.29. The molecular formula is C19H25BrN2O6. The zero-order valence-electron chi connectivity index (χ0n) is 16.4. The normalized spacial score (nSPS) is 19.1. The fraction of sp³-hybridized carbons (Fsp3) is 0.526. The first-order valence-corrected chi connectivity index (χ1v) is 9.64. The second-order valence-corrected chi connectivity index (χ2v) is 8.33. The van der Waals surface area contributed by atoms with Gasteiger partial charge in [-0.1, -0.05) is 28.1 Å². The Morgan fingerprint density at radius 2 is 2.00 bits per heavy atom. The summed E-state index contributed by atoms with van der Waals surface area (Å²) in [4.78, 5) is 37.8. The molecule has 0 bridgehead atoms. The van der Waals surface area contributed by atoms with Crippen LogP contribution >= 0.6 is 15.9 Å². The van der Waals surface area contributed by atoms with Gasteiger partial charge in [0.25, 0.3) is 0 Å². The average Bonchev–Trinajstić information content (AvgIpc) is 3.02. The van der Waals surface area contributed by atoms with Crippen LogP contribution in [0.25, 0.3) is 0 Å². The van der Waals surface area contributed by atoms with Gasteiger partial charge in [-0.2, -0.15) is 0 Å². The molecule has 1 N–H and O–H groups in total. The molecule has 1 aromatic rings. The fourth-order valence-electron chi connectivity index (χ4n) is 2.78. The van der Waals surface area contributed by atoms with Crippen LogP contribution in [0.15, 0.2) is 28.7 Å². The molecule has 1 heterocycles. The van der Waals surface area contributed by atoms with E-state index >= 15 is 0 Å². The van der Waals surface area contributed by atoms with Gasteiger partial charge in [-0.25, -0.2) is 14.4 Å². The van der Waals surface area contributed by atoms with E-state index in [1.165, 1.54) is 12.0 Å².